The van der Waals surface area contributed by atoms with E-state index < -0.39 is 0 Å². The Balaban J connectivity index is 2.20. The summed E-state index contributed by atoms with van der Waals surface area (Å²) in [6, 6.07) is 3.89. The summed E-state index contributed by atoms with van der Waals surface area (Å²) in [6.07, 6.45) is 4.32. The van der Waals surface area contributed by atoms with E-state index in [0.717, 1.165) is 18.6 Å². The first-order valence-corrected chi connectivity index (χ1v) is 5.52. The molecule has 1 aromatic rings. The molecule has 0 amide bonds. The van der Waals surface area contributed by atoms with Crippen molar-refractivity contribution in [2.45, 2.75) is 38.9 Å². The van der Waals surface area contributed by atoms with Crippen LogP contribution in [0.4, 0.5) is 0 Å². The van der Waals surface area contributed by atoms with Gasteiger partial charge in [0.05, 0.1) is 12.4 Å². The molecule has 1 aliphatic heterocycles. The minimum Gasteiger partial charge on any atom is -0.467 e. The summed E-state index contributed by atoms with van der Waals surface area (Å²) in [5, 5.41) is 0. The van der Waals surface area contributed by atoms with Crippen molar-refractivity contribution in [1.29, 1.82) is 0 Å². The zero-order valence-corrected chi connectivity index (χ0v) is 9.40. The maximum atomic E-state index is 5.95. The molecule has 2 heteroatoms. The smallest absolute Gasteiger partial charge is 0.133 e. The van der Waals surface area contributed by atoms with Crippen molar-refractivity contribution in [1.82, 2.24) is 0 Å². The number of hydrogen-bond donors (Lipinski definition) is 0. The summed E-state index contributed by atoms with van der Waals surface area (Å²) in [7, 11) is 0. The van der Waals surface area contributed by atoms with Crippen molar-refractivity contribution in [2.24, 2.45) is 5.92 Å². The molecule has 1 aliphatic rings. The summed E-state index contributed by atoms with van der Waals surface area (Å²) in [5.41, 5.74) is 1.18. The van der Waals surface area contributed by atoms with Crippen LogP contribution < -0.4 is 0 Å². The fourth-order valence-electron chi connectivity index (χ4n) is 2.20. The zero-order chi connectivity index (χ0) is 10.8. The van der Waals surface area contributed by atoms with E-state index in [0.29, 0.717) is 12.0 Å². The molecule has 0 aliphatic carbocycles. The van der Waals surface area contributed by atoms with Gasteiger partial charge in [0.1, 0.15) is 11.9 Å². The highest BCUT2D eigenvalue weighted by atomic mass is 16.5. The van der Waals surface area contributed by atoms with Gasteiger partial charge in [-0.1, -0.05) is 12.2 Å². The van der Waals surface area contributed by atoms with Crippen molar-refractivity contribution >= 4 is 0 Å². The van der Waals surface area contributed by atoms with Crippen molar-refractivity contribution in [3.05, 3.63) is 36.3 Å². The van der Waals surface area contributed by atoms with E-state index >= 15 is 0 Å². The Hall–Kier alpha value is -1.02. The van der Waals surface area contributed by atoms with Crippen LogP contribution in [-0.4, -0.2) is 6.10 Å². The quantitative estimate of drug-likeness (QED) is 0.688. The van der Waals surface area contributed by atoms with E-state index in [1.54, 1.807) is 6.26 Å². The topological polar surface area (TPSA) is 22.4 Å². The number of rotatable bonds is 2. The third-order valence-electron chi connectivity index (χ3n) is 3.09. The fourth-order valence-corrected chi connectivity index (χ4v) is 2.20. The van der Waals surface area contributed by atoms with Crippen LogP contribution in [0.15, 0.2) is 35.0 Å². The molecule has 0 spiro atoms. The lowest BCUT2D eigenvalue weighted by molar-refractivity contribution is -0.0768. The van der Waals surface area contributed by atoms with Crippen molar-refractivity contribution < 1.29 is 9.15 Å². The highest BCUT2D eigenvalue weighted by Crippen LogP contribution is 2.39. The molecule has 1 aromatic heterocycles. The van der Waals surface area contributed by atoms with Crippen LogP contribution in [0.5, 0.6) is 0 Å². The Kier molecular flexibility index (Phi) is 2.96. The standard InChI is InChI=1S/C13H18O2/c1-9(2)11-7-6-10(3)15-13(11)12-5-4-8-14-12/h4-5,8,10-11,13H,1,6-7H2,2-3H3/t10-,11+,13-/m0/s1. The second-order valence-corrected chi connectivity index (χ2v) is 4.41. The largest absolute Gasteiger partial charge is 0.467 e. The van der Waals surface area contributed by atoms with Crippen LogP contribution in [-0.2, 0) is 4.74 Å². The summed E-state index contributed by atoms with van der Waals surface area (Å²) >= 11 is 0. The minimum atomic E-state index is 0.0567. The Bertz CT molecular complexity index is 326. The van der Waals surface area contributed by atoms with Crippen LogP contribution in [0.1, 0.15) is 38.6 Å². The van der Waals surface area contributed by atoms with Crippen LogP contribution in [0, 0.1) is 5.92 Å². The van der Waals surface area contributed by atoms with Crippen LogP contribution in [0.25, 0.3) is 0 Å². The first-order chi connectivity index (χ1) is 7.18. The lowest BCUT2D eigenvalue weighted by Gasteiger charge is -2.34. The molecule has 1 fully saturated rings. The third-order valence-corrected chi connectivity index (χ3v) is 3.09. The van der Waals surface area contributed by atoms with Gasteiger partial charge in [-0.05, 0) is 38.8 Å². The molecule has 3 atom stereocenters. The first kappa shape index (κ1) is 10.5. The molecular weight excluding hydrogens is 188 g/mol. The molecule has 0 N–H and O–H groups in total. The molecular formula is C13H18O2. The SMILES string of the molecule is C=C(C)[C@H]1CC[C@H](C)O[C@@H]1c1ccco1. The van der Waals surface area contributed by atoms with Gasteiger partial charge in [-0.15, -0.1) is 0 Å². The van der Waals surface area contributed by atoms with Crippen LogP contribution in [0.2, 0.25) is 0 Å². The van der Waals surface area contributed by atoms with Gasteiger partial charge in [0.15, 0.2) is 0 Å². The Morgan fingerprint density at radius 2 is 2.27 bits per heavy atom. The zero-order valence-electron chi connectivity index (χ0n) is 9.40. The molecule has 2 rings (SSSR count). The van der Waals surface area contributed by atoms with Gasteiger partial charge in [-0.3, -0.25) is 0 Å². The lowest BCUT2D eigenvalue weighted by Crippen LogP contribution is -2.27. The number of ether oxygens (including phenoxy) is 1. The summed E-state index contributed by atoms with van der Waals surface area (Å²) < 4.78 is 11.4. The fraction of sp³-hybridized carbons (Fsp3) is 0.538. The lowest BCUT2D eigenvalue weighted by atomic mass is 9.86. The average molecular weight is 206 g/mol. The summed E-state index contributed by atoms with van der Waals surface area (Å²) in [6.45, 7) is 8.23. The van der Waals surface area contributed by atoms with Gasteiger partial charge in [-0.25, -0.2) is 0 Å². The average Bonchev–Trinajstić information content (AvgIpc) is 2.69. The molecule has 1 saturated heterocycles. The van der Waals surface area contributed by atoms with Crippen molar-refractivity contribution in [3.8, 4) is 0 Å². The van der Waals surface area contributed by atoms with Gasteiger partial charge in [0, 0.05) is 5.92 Å². The van der Waals surface area contributed by atoms with E-state index in [-0.39, 0.29) is 6.10 Å². The monoisotopic (exact) mass is 206 g/mol. The molecule has 2 heterocycles. The van der Waals surface area contributed by atoms with Gasteiger partial charge in [-0.2, -0.15) is 0 Å². The normalized spacial score (nSPS) is 31.5. The van der Waals surface area contributed by atoms with Crippen molar-refractivity contribution in [3.63, 3.8) is 0 Å². The number of hydrogen-bond acceptors (Lipinski definition) is 2. The Morgan fingerprint density at radius 3 is 2.87 bits per heavy atom. The predicted molar refractivity (Wildman–Crippen MR) is 59.5 cm³/mol. The van der Waals surface area contributed by atoms with Crippen molar-refractivity contribution in [2.75, 3.05) is 0 Å². The van der Waals surface area contributed by atoms with E-state index in [2.05, 4.69) is 20.4 Å². The molecule has 0 bridgehead atoms. The predicted octanol–water partition coefficient (Wildman–Crippen LogP) is 3.71. The maximum Gasteiger partial charge on any atom is 0.133 e. The molecule has 0 saturated carbocycles. The van der Waals surface area contributed by atoms with Gasteiger partial charge < -0.3 is 9.15 Å². The second kappa shape index (κ2) is 4.23. The third kappa shape index (κ3) is 2.15. The molecule has 0 unspecified atom stereocenters. The van der Waals surface area contributed by atoms with Gasteiger partial charge in [0.2, 0.25) is 0 Å². The maximum absolute atomic E-state index is 5.95. The Morgan fingerprint density at radius 1 is 1.47 bits per heavy atom. The van der Waals surface area contributed by atoms with Gasteiger partial charge in [0.25, 0.3) is 0 Å². The molecule has 0 radical (unpaired) electrons. The molecule has 15 heavy (non-hydrogen) atoms. The highest BCUT2D eigenvalue weighted by molar-refractivity contribution is 5.11. The molecule has 82 valence electrons. The van der Waals surface area contributed by atoms with Gasteiger partial charge >= 0.3 is 0 Å². The Labute approximate surface area is 90.9 Å². The minimum absolute atomic E-state index is 0.0567. The van der Waals surface area contributed by atoms with E-state index in [4.69, 9.17) is 9.15 Å². The highest BCUT2D eigenvalue weighted by Gasteiger charge is 2.32. The van der Waals surface area contributed by atoms with E-state index in [9.17, 15) is 0 Å². The second-order valence-electron chi connectivity index (χ2n) is 4.41. The van der Waals surface area contributed by atoms with Crippen LogP contribution in [0.3, 0.4) is 0 Å². The summed E-state index contributed by atoms with van der Waals surface area (Å²) in [4.78, 5) is 0. The van der Waals surface area contributed by atoms with Crippen LogP contribution >= 0.6 is 0 Å². The molecule has 0 aromatic carbocycles. The van der Waals surface area contributed by atoms with E-state index in [1.807, 2.05) is 12.1 Å². The number of furan rings is 1. The summed E-state index contributed by atoms with van der Waals surface area (Å²) in [5.74, 6) is 1.32. The van der Waals surface area contributed by atoms with E-state index in [1.165, 1.54) is 5.57 Å². The molecule has 2 nitrogen and oxygen atoms in total. The first-order valence-electron chi connectivity index (χ1n) is 5.52.